The van der Waals surface area contributed by atoms with E-state index in [4.69, 9.17) is 21.1 Å². The van der Waals surface area contributed by atoms with Crippen LogP contribution in [0.1, 0.15) is 12.8 Å². The van der Waals surface area contributed by atoms with Gasteiger partial charge in [-0.3, -0.25) is 0 Å². The van der Waals surface area contributed by atoms with Crippen molar-refractivity contribution >= 4 is 22.6 Å². The molecule has 3 aromatic rings. The van der Waals surface area contributed by atoms with Crippen molar-refractivity contribution in [3.8, 4) is 17.1 Å². The smallest absolute Gasteiger partial charge is 0.161 e. The first-order valence-corrected chi connectivity index (χ1v) is 9.21. The lowest BCUT2D eigenvalue weighted by Gasteiger charge is -2.24. The zero-order valence-corrected chi connectivity index (χ0v) is 15.6. The fraction of sp³-hybridized carbons (Fsp3) is 0.350. The summed E-state index contributed by atoms with van der Waals surface area (Å²) in [5, 5.41) is 0.541. The van der Waals surface area contributed by atoms with E-state index in [0.29, 0.717) is 53.3 Å². The van der Waals surface area contributed by atoms with E-state index in [1.165, 1.54) is 6.07 Å². The number of imidazole rings is 1. The first-order valence-electron chi connectivity index (χ1n) is 8.83. The molecule has 2 heterocycles. The van der Waals surface area contributed by atoms with Crippen LogP contribution in [-0.4, -0.2) is 29.9 Å². The number of ether oxygens (including phenoxy) is 2. The fourth-order valence-electron chi connectivity index (χ4n) is 3.55. The molecule has 4 rings (SSSR count). The van der Waals surface area contributed by atoms with E-state index in [1.54, 1.807) is 19.2 Å². The zero-order valence-electron chi connectivity index (χ0n) is 14.8. The Balaban J connectivity index is 1.89. The van der Waals surface area contributed by atoms with Crippen molar-refractivity contribution in [2.75, 3.05) is 20.3 Å². The summed E-state index contributed by atoms with van der Waals surface area (Å²) < 4.78 is 40.5. The molecule has 0 N–H and O–H groups in total. The monoisotopic (exact) mass is 392 g/mol. The minimum atomic E-state index is -0.909. The molecule has 7 heteroatoms. The average Bonchev–Trinajstić information content (AvgIpc) is 3.00. The Morgan fingerprint density at radius 3 is 2.67 bits per heavy atom. The molecule has 1 aromatic heterocycles. The highest BCUT2D eigenvalue weighted by Crippen LogP contribution is 2.35. The Hall–Kier alpha value is -2.18. The maximum Gasteiger partial charge on any atom is 0.161 e. The fourth-order valence-corrected chi connectivity index (χ4v) is 3.71. The van der Waals surface area contributed by atoms with Gasteiger partial charge in [-0.1, -0.05) is 11.6 Å². The van der Waals surface area contributed by atoms with Crippen LogP contribution in [0.25, 0.3) is 22.4 Å². The molecule has 1 fully saturated rings. The lowest BCUT2D eigenvalue weighted by molar-refractivity contribution is 0.0617. The van der Waals surface area contributed by atoms with Gasteiger partial charge in [0.05, 0.1) is 23.7 Å². The first kappa shape index (κ1) is 18.2. The van der Waals surface area contributed by atoms with Crippen molar-refractivity contribution in [2.24, 2.45) is 5.92 Å². The molecule has 0 aliphatic carbocycles. The molecule has 0 amide bonds. The third kappa shape index (κ3) is 3.51. The molecule has 0 saturated carbocycles. The minimum absolute atomic E-state index is 0.376. The summed E-state index contributed by atoms with van der Waals surface area (Å²) in [7, 11) is 1.56. The van der Waals surface area contributed by atoms with Gasteiger partial charge < -0.3 is 14.0 Å². The number of halogens is 3. The number of fused-ring (bicyclic) bond motifs is 1. The summed E-state index contributed by atoms with van der Waals surface area (Å²) in [5.41, 5.74) is 1.70. The van der Waals surface area contributed by atoms with Gasteiger partial charge in [-0.25, -0.2) is 13.8 Å². The van der Waals surface area contributed by atoms with Crippen molar-refractivity contribution in [2.45, 2.75) is 19.4 Å². The second-order valence-corrected chi connectivity index (χ2v) is 7.14. The molecule has 0 unspecified atom stereocenters. The van der Waals surface area contributed by atoms with E-state index >= 15 is 0 Å². The summed E-state index contributed by atoms with van der Waals surface area (Å²) in [5.74, 6) is -0.249. The third-order valence-corrected chi connectivity index (χ3v) is 5.21. The molecule has 1 aliphatic rings. The second kappa shape index (κ2) is 7.44. The number of aromatic nitrogens is 2. The number of nitrogens with zero attached hydrogens (tertiary/aromatic N) is 2. The minimum Gasteiger partial charge on any atom is -0.496 e. The Morgan fingerprint density at radius 1 is 1.19 bits per heavy atom. The van der Waals surface area contributed by atoms with E-state index in [9.17, 15) is 8.78 Å². The molecule has 0 spiro atoms. The van der Waals surface area contributed by atoms with Gasteiger partial charge in [0.15, 0.2) is 11.6 Å². The van der Waals surface area contributed by atoms with Crippen LogP contribution in [0.15, 0.2) is 30.3 Å². The summed E-state index contributed by atoms with van der Waals surface area (Å²) in [6.45, 7) is 2.06. The standard InChI is InChI=1S/C20H19ClF2N2O2/c1-26-19-8-13(21)2-3-14(19)20-24-17-9-15(22)16(23)10-18(17)25(20)11-12-4-6-27-7-5-12/h2-3,8-10,12H,4-7,11H2,1H3. The predicted octanol–water partition coefficient (Wildman–Crippen LogP) is 5.07. The lowest BCUT2D eigenvalue weighted by atomic mass is 10.00. The first-order chi connectivity index (χ1) is 13.1. The Kier molecular flexibility index (Phi) is 5.02. The van der Waals surface area contributed by atoms with Gasteiger partial charge >= 0.3 is 0 Å². The normalized spacial score (nSPS) is 15.4. The molecule has 2 aromatic carbocycles. The highest BCUT2D eigenvalue weighted by Gasteiger charge is 2.22. The van der Waals surface area contributed by atoms with Gasteiger partial charge in [-0.15, -0.1) is 0 Å². The van der Waals surface area contributed by atoms with Crippen LogP contribution in [0, 0.1) is 17.6 Å². The number of hydrogen-bond acceptors (Lipinski definition) is 3. The van der Waals surface area contributed by atoms with Crippen molar-refractivity contribution in [3.63, 3.8) is 0 Å². The number of methoxy groups -OCH3 is 1. The van der Waals surface area contributed by atoms with E-state index in [0.717, 1.165) is 24.5 Å². The van der Waals surface area contributed by atoms with Crippen LogP contribution < -0.4 is 4.74 Å². The molecule has 1 saturated heterocycles. The summed E-state index contributed by atoms with van der Waals surface area (Å²) >= 11 is 6.08. The average molecular weight is 393 g/mol. The predicted molar refractivity (Wildman–Crippen MR) is 100 cm³/mol. The van der Waals surface area contributed by atoms with Crippen LogP contribution in [-0.2, 0) is 11.3 Å². The van der Waals surface area contributed by atoms with Crippen LogP contribution in [0.2, 0.25) is 5.02 Å². The molecule has 1 aliphatic heterocycles. The quantitative estimate of drug-likeness (QED) is 0.622. The Morgan fingerprint density at radius 2 is 1.93 bits per heavy atom. The van der Waals surface area contributed by atoms with Gasteiger partial charge in [-0.05, 0) is 37.0 Å². The highest BCUT2D eigenvalue weighted by molar-refractivity contribution is 6.30. The largest absolute Gasteiger partial charge is 0.496 e. The van der Waals surface area contributed by atoms with Gasteiger partial charge in [0.2, 0.25) is 0 Å². The van der Waals surface area contributed by atoms with E-state index in [2.05, 4.69) is 4.98 Å². The molecular weight excluding hydrogens is 374 g/mol. The molecule has 0 atom stereocenters. The highest BCUT2D eigenvalue weighted by atomic mass is 35.5. The molecule has 142 valence electrons. The molecule has 0 radical (unpaired) electrons. The molecule has 0 bridgehead atoms. The van der Waals surface area contributed by atoms with Gasteiger partial charge in [0.1, 0.15) is 11.6 Å². The van der Waals surface area contributed by atoms with E-state index in [1.807, 2.05) is 10.6 Å². The second-order valence-electron chi connectivity index (χ2n) is 6.70. The number of rotatable bonds is 4. The van der Waals surface area contributed by atoms with Gasteiger partial charge in [-0.2, -0.15) is 0 Å². The summed E-state index contributed by atoms with van der Waals surface area (Å²) in [6.07, 6.45) is 1.83. The van der Waals surface area contributed by atoms with Crippen molar-refractivity contribution in [1.82, 2.24) is 9.55 Å². The third-order valence-electron chi connectivity index (χ3n) is 4.98. The maximum absolute atomic E-state index is 13.9. The van der Waals surface area contributed by atoms with E-state index < -0.39 is 11.6 Å². The van der Waals surface area contributed by atoms with Gasteiger partial charge in [0, 0.05) is 36.9 Å². The van der Waals surface area contributed by atoms with Crippen LogP contribution in [0.3, 0.4) is 0 Å². The SMILES string of the molecule is COc1cc(Cl)ccc1-c1nc2cc(F)c(F)cc2n1CC1CCOCC1. The Bertz CT molecular complexity index is 984. The van der Waals surface area contributed by atoms with Gasteiger partial charge in [0.25, 0.3) is 0 Å². The topological polar surface area (TPSA) is 36.3 Å². The van der Waals surface area contributed by atoms with Crippen LogP contribution in [0.5, 0.6) is 5.75 Å². The Labute approximate surface area is 160 Å². The van der Waals surface area contributed by atoms with E-state index in [-0.39, 0.29) is 0 Å². The lowest BCUT2D eigenvalue weighted by Crippen LogP contribution is -2.20. The molecule has 4 nitrogen and oxygen atoms in total. The molecule has 27 heavy (non-hydrogen) atoms. The molecular formula is C20H19ClF2N2O2. The number of benzene rings is 2. The van der Waals surface area contributed by atoms with Crippen molar-refractivity contribution in [1.29, 1.82) is 0 Å². The number of hydrogen-bond donors (Lipinski definition) is 0. The van der Waals surface area contributed by atoms with Crippen molar-refractivity contribution < 1.29 is 18.3 Å². The summed E-state index contributed by atoms with van der Waals surface area (Å²) in [6, 6.07) is 7.62. The van der Waals surface area contributed by atoms with Crippen LogP contribution in [0.4, 0.5) is 8.78 Å². The van der Waals surface area contributed by atoms with Crippen LogP contribution >= 0.6 is 11.6 Å². The maximum atomic E-state index is 13.9. The summed E-state index contributed by atoms with van der Waals surface area (Å²) in [4.78, 5) is 4.59. The zero-order chi connectivity index (χ0) is 19.0. The van der Waals surface area contributed by atoms with Crippen molar-refractivity contribution in [3.05, 3.63) is 47.0 Å².